The summed E-state index contributed by atoms with van der Waals surface area (Å²) in [6.45, 7) is 3.17. The minimum Gasteiger partial charge on any atom is -0.328 e. The molecule has 1 aromatic carbocycles. The Balaban J connectivity index is 2.45. The molecule has 0 aliphatic carbocycles. The lowest BCUT2D eigenvalue weighted by atomic mass is 10.3. The molecule has 1 aromatic heterocycles. The van der Waals surface area contributed by atoms with E-state index in [1.807, 2.05) is 18.2 Å². The molecule has 0 amide bonds. The van der Waals surface area contributed by atoms with E-state index in [2.05, 4.69) is 16.5 Å². The second-order valence-electron chi connectivity index (χ2n) is 4.11. The lowest BCUT2D eigenvalue weighted by Crippen LogP contribution is -2.03. The van der Waals surface area contributed by atoms with Crippen molar-refractivity contribution in [1.29, 1.82) is 0 Å². The average molecular weight is 271 g/mol. The van der Waals surface area contributed by atoms with Crippen molar-refractivity contribution in [3.8, 4) is 0 Å². The van der Waals surface area contributed by atoms with Crippen molar-refractivity contribution in [3.63, 3.8) is 0 Å². The molecule has 0 aliphatic heterocycles. The van der Waals surface area contributed by atoms with Crippen molar-refractivity contribution >= 4 is 34.2 Å². The summed E-state index contributed by atoms with van der Waals surface area (Å²) in [5.41, 5.74) is 2.15. The van der Waals surface area contributed by atoms with E-state index in [1.165, 1.54) is 5.52 Å². The van der Waals surface area contributed by atoms with E-state index in [4.69, 9.17) is 23.2 Å². The highest BCUT2D eigenvalue weighted by atomic mass is 35.5. The second kappa shape index (κ2) is 5.74. The fraction of sp³-hybridized carbons (Fsp3) is 0.462. The van der Waals surface area contributed by atoms with Crippen LogP contribution in [0.2, 0.25) is 5.02 Å². The topological polar surface area (TPSA) is 17.8 Å². The Morgan fingerprint density at radius 3 is 2.88 bits per heavy atom. The van der Waals surface area contributed by atoms with Gasteiger partial charge in [0.1, 0.15) is 5.82 Å². The minimum absolute atomic E-state index is 0.677. The average Bonchev–Trinajstić information content (AvgIpc) is 2.64. The van der Waals surface area contributed by atoms with Crippen LogP contribution in [0.25, 0.3) is 11.0 Å². The molecule has 0 unspecified atom stereocenters. The molecule has 0 bridgehead atoms. The number of nitrogens with zero attached hydrogens (tertiary/aromatic N) is 2. The van der Waals surface area contributed by atoms with E-state index >= 15 is 0 Å². The van der Waals surface area contributed by atoms with Crippen LogP contribution in [0.3, 0.4) is 0 Å². The molecule has 4 heteroatoms. The summed E-state index contributed by atoms with van der Waals surface area (Å²) in [5, 5.41) is 0.738. The van der Waals surface area contributed by atoms with Crippen LogP contribution in [0.15, 0.2) is 18.2 Å². The molecular weight excluding hydrogens is 255 g/mol. The molecule has 2 aromatic rings. The first-order valence-corrected chi connectivity index (χ1v) is 6.88. The minimum atomic E-state index is 0.677. The van der Waals surface area contributed by atoms with Crippen LogP contribution >= 0.6 is 23.2 Å². The number of hydrogen-bond acceptors (Lipinski definition) is 1. The van der Waals surface area contributed by atoms with E-state index in [-0.39, 0.29) is 0 Å². The Bertz CT molecular complexity index is 505. The summed E-state index contributed by atoms with van der Waals surface area (Å²) in [7, 11) is 0. The number of fused-ring (bicyclic) bond motifs is 1. The number of hydrogen-bond donors (Lipinski definition) is 0. The summed E-state index contributed by atoms with van der Waals surface area (Å²) in [5.74, 6) is 1.79. The van der Waals surface area contributed by atoms with Gasteiger partial charge in [0.05, 0.1) is 11.0 Å². The Morgan fingerprint density at radius 2 is 2.18 bits per heavy atom. The maximum Gasteiger partial charge on any atom is 0.109 e. The van der Waals surface area contributed by atoms with Gasteiger partial charge < -0.3 is 4.57 Å². The predicted octanol–water partition coefficient (Wildman–Crippen LogP) is 4.27. The predicted molar refractivity (Wildman–Crippen MR) is 74.1 cm³/mol. The first kappa shape index (κ1) is 12.7. The summed E-state index contributed by atoms with van der Waals surface area (Å²) in [6, 6.07) is 5.89. The van der Waals surface area contributed by atoms with Gasteiger partial charge in [-0.25, -0.2) is 4.98 Å². The third-order valence-electron chi connectivity index (χ3n) is 2.77. The van der Waals surface area contributed by atoms with Crippen molar-refractivity contribution in [3.05, 3.63) is 29.0 Å². The van der Waals surface area contributed by atoms with Gasteiger partial charge >= 0.3 is 0 Å². The highest BCUT2D eigenvalue weighted by Crippen LogP contribution is 2.21. The maximum atomic E-state index is 5.99. The normalized spacial score (nSPS) is 11.2. The molecule has 92 valence electrons. The molecule has 0 saturated heterocycles. The van der Waals surface area contributed by atoms with E-state index in [1.54, 1.807) is 0 Å². The zero-order valence-electron chi connectivity index (χ0n) is 9.92. The van der Waals surface area contributed by atoms with Gasteiger partial charge in [-0.3, -0.25) is 0 Å². The molecule has 1 heterocycles. The van der Waals surface area contributed by atoms with Gasteiger partial charge in [-0.2, -0.15) is 0 Å². The first-order chi connectivity index (χ1) is 8.26. The smallest absolute Gasteiger partial charge is 0.109 e. The zero-order valence-corrected chi connectivity index (χ0v) is 11.4. The fourth-order valence-corrected chi connectivity index (χ4v) is 2.34. The summed E-state index contributed by atoms with van der Waals surface area (Å²) < 4.78 is 2.28. The SMILES string of the molecule is CCCn1c(CCCCl)nc2cc(Cl)ccc21. The largest absolute Gasteiger partial charge is 0.328 e. The van der Waals surface area contributed by atoms with E-state index in [9.17, 15) is 0 Å². The van der Waals surface area contributed by atoms with Gasteiger partial charge in [0, 0.05) is 23.9 Å². The van der Waals surface area contributed by atoms with Crippen LogP contribution in [0.5, 0.6) is 0 Å². The molecule has 0 spiro atoms. The van der Waals surface area contributed by atoms with E-state index in [0.717, 1.165) is 42.2 Å². The van der Waals surface area contributed by atoms with Crippen LogP contribution in [-0.4, -0.2) is 15.4 Å². The number of rotatable bonds is 5. The number of aromatic nitrogens is 2. The number of aryl methyl sites for hydroxylation is 2. The molecule has 2 rings (SSSR count). The van der Waals surface area contributed by atoms with Crippen LogP contribution in [0.1, 0.15) is 25.6 Å². The number of alkyl halides is 1. The summed E-state index contributed by atoms with van der Waals surface area (Å²) in [6.07, 6.45) is 2.99. The highest BCUT2D eigenvalue weighted by Gasteiger charge is 2.09. The highest BCUT2D eigenvalue weighted by molar-refractivity contribution is 6.31. The maximum absolute atomic E-state index is 5.99. The van der Waals surface area contributed by atoms with Gasteiger partial charge in [0.25, 0.3) is 0 Å². The molecule has 0 radical (unpaired) electrons. The third-order valence-corrected chi connectivity index (χ3v) is 3.27. The second-order valence-corrected chi connectivity index (χ2v) is 4.92. The van der Waals surface area contributed by atoms with Crippen molar-refractivity contribution in [2.45, 2.75) is 32.7 Å². The van der Waals surface area contributed by atoms with E-state index < -0.39 is 0 Å². The molecular formula is C13H16Cl2N2. The van der Waals surface area contributed by atoms with Gasteiger partial charge in [-0.05, 0) is 31.0 Å². The lowest BCUT2D eigenvalue weighted by molar-refractivity contribution is 0.647. The monoisotopic (exact) mass is 270 g/mol. The molecule has 17 heavy (non-hydrogen) atoms. The quantitative estimate of drug-likeness (QED) is 0.742. The van der Waals surface area contributed by atoms with Crippen LogP contribution in [0.4, 0.5) is 0 Å². The third kappa shape index (κ3) is 2.75. The first-order valence-electron chi connectivity index (χ1n) is 5.97. The molecule has 0 N–H and O–H groups in total. The van der Waals surface area contributed by atoms with Gasteiger partial charge in [-0.15, -0.1) is 11.6 Å². The van der Waals surface area contributed by atoms with Crippen molar-refractivity contribution in [2.75, 3.05) is 5.88 Å². The standard InChI is InChI=1S/C13H16Cl2N2/c1-2-8-17-12-6-5-10(15)9-11(12)16-13(17)4-3-7-14/h5-6,9H,2-4,7-8H2,1H3. The van der Waals surface area contributed by atoms with Crippen LogP contribution < -0.4 is 0 Å². The Hall–Kier alpha value is -0.730. The molecule has 0 fully saturated rings. The molecule has 0 aliphatic rings. The van der Waals surface area contributed by atoms with Crippen LogP contribution in [-0.2, 0) is 13.0 Å². The Kier molecular flexibility index (Phi) is 4.30. The van der Waals surface area contributed by atoms with Gasteiger partial charge in [0.15, 0.2) is 0 Å². The summed E-state index contributed by atoms with van der Waals surface area (Å²) >= 11 is 11.7. The Labute approximate surface area is 112 Å². The summed E-state index contributed by atoms with van der Waals surface area (Å²) in [4.78, 5) is 4.65. The molecule has 2 nitrogen and oxygen atoms in total. The molecule has 0 atom stereocenters. The lowest BCUT2D eigenvalue weighted by Gasteiger charge is -2.06. The van der Waals surface area contributed by atoms with Crippen molar-refractivity contribution < 1.29 is 0 Å². The number of halogens is 2. The Morgan fingerprint density at radius 1 is 1.35 bits per heavy atom. The zero-order chi connectivity index (χ0) is 12.3. The van der Waals surface area contributed by atoms with Crippen molar-refractivity contribution in [2.24, 2.45) is 0 Å². The number of benzene rings is 1. The molecule has 0 saturated carbocycles. The number of imidazole rings is 1. The van der Waals surface area contributed by atoms with Crippen molar-refractivity contribution in [1.82, 2.24) is 9.55 Å². The van der Waals surface area contributed by atoms with Gasteiger partial charge in [-0.1, -0.05) is 18.5 Å². The van der Waals surface area contributed by atoms with E-state index in [0.29, 0.717) is 5.88 Å². The van der Waals surface area contributed by atoms with Crippen LogP contribution in [0, 0.1) is 0 Å². The van der Waals surface area contributed by atoms with Gasteiger partial charge in [0.2, 0.25) is 0 Å². The fourth-order valence-electron chi connectivity index (χ4n) is 2.04.